The average molecular weight is 1410 g/mol. The van der Waals surface area contributed by atoms with Gasteiger partial charge in [0, 0.05) is 89.7 Å². The number of benzene rings is 12. The van der Waals surface area contributed by atoms with E-state index in [2.05, 4.69) is 12.1 Å². The van der Waals surface area contributed by atoms with Crippen molar-refractivity contribution in [3.63, 3.8) is 0 Å². The van der Waals surface area contributed by atoms with Gasteiger partial charge in [-0.1, -0.05) is 253 Å². The fourth-order valence-corrected chi connectivity index (χ4v) is 11.4. The van der Waals surface area contributed by atoms with Gasteiger partial charge in [0.2, 0.25) is 0 Å². The van der Waals surface area contributed by atoms with Crippen LogP contribution in [0.2, 0.25) is 0 Å². The van der Waals surface area contributed by atoms with Crippen molar-refractivity contribution in [3.8, 4) is 95.6 Å². The van der Waals surface area contributed by atoms with E-state index in [-0.39, 0.29) is 111 Å². The zero-order valence-electron chi connectivity index (χ0n) is 75.8. The van der Waals surface area contributed by atoms with Crippen molar-refractivity contribution in [2.45, 2.75) is 52.4 Å². The summed E-state index contributed by atoms with van der Waals surface area (Å²) < 4.78 is 238. The van der Waals surface area contributed by atoms with E-state index in [1.807, 2.05) is 53.7 Å². The molecule has 93 heavy (non-hydrogen) atoms. The molecule has 0 bridgehead atoms. The van der Waals surface area contributed by atoms with Crippen LogP contribution in [0.5, 0.6) is 23.0 Å². The maximum atomic E-state index is 9.49. The van der Waals surface area contributed by atoms with Crippen molar-refractivity contribution in [1.29, 1.82) is 0 Å². The molecule has 0 fully saturated rings. The SMILES string of the molecule is [2H]c1c([2H])c([2H])c(-c2cc(-c3cc(C(C)(C)C)cc(-c4c([2H])c([2H])c([2H])c([2H])c4[2H])c3Oc3ccnc(-n4c5[c-]c(Oc6[c-]c(N7[CH-]N(c8c(-c9c([2H])c([2H])c([2H])c([2H])c9[2H])cccc8-c8c([2H])c([2H])c([2H])c([2H])c8[2H])c8ccccc87)ccc6)ccc5c5cc(-c6c([2H])c([2H])c([2H])c([2H])c6[2H])ccc54)c3)cc(C(C)(C)C)c2)c([2H])c1[2H].[Pt]. The quantitative estimate of drug-likeness (QED) is 0.108. The molecule has 0 atom stereocenters. The topological polar surface area (TPSA) is 42.8 Å². The fraction of sp³-hybridized carbons (Fsp3) is 0.0930. The molecule has 0 unspecified atom stereocenters. The Kier molecular flexibility index (Phi) is 10.1. The molecular formula is C86H67N4O2Pt-3. The first-order chi connectivity index (χ1) is 55.2. The van der Waals surface area contributed by atoms with E-state index in [1.54, 1.807) is 124 Å². The number of ether oxygens (including phenoxy) is 2. The minimum atomic E-state index is -0.704. The largest absolute Gasteiger partial charge is 0.509 e. The Morgan fingerprint density at radius 2 is 0.946 bits per heavy atom. The number of para-hydroxylation sites is 3. The molecule has 3 heterocycles. The van der Waals surface area contributed by atoms with Crippen LogP contribution >= 0.6 is 0 Å². The normalized spacial score (nSPS) is 16.0. The van der Waals surface area contributed by atoms with E-state index >= 15 is 0 Å². The summed E-state index contributed by atoms with van der Waals surface area (Å²) in [5.74, 6) is 0.511. The molecule has 1 aliphatic rings. The molecule has 0 amide bonds. The number of hydrogen-bond donors (Lipinski definition) is 0. The van der Waals surface area contributed by atoms with Crippen molar-refractivity contribution >= 4 is 44.6 Å². The van der Waals surface area contributed by atoms with Gasteiger partial charge in [-0.3, -0.25) is 0 Å². The van der Waals surface area contributed by atoms with Crippen molar-refractivity contribution in [2.24, 2.45) is 0 Å². The number of nitrogens with zero attached hydrogens (tertiary/aromatic N) is 4. The van der Waals surface area contributed by atoms with E-state index in [4.69, 9.17) is 40.5 Å². The summed E-state index contributed by atoms with van der Waals surface area (Å²) in [6.45, 7) is 13.3. The summed E-state index contributed by atoms with van der Waals surface area (Å²) in [6.07, 6.45) is 1.47. The van der Waals surface area contributed by atoms with Crippen molar-refractivity contribution in [2.75, 3.05) is 9.80 Å². The molecule has 0 saturated heterocycles. The van der Waals surface area contributed by atoms with Crippen LogP contribution in [0.15, 0.2) is 291 Å². The predicted octanol–water partition coefficient (Wildman–Crippen LogP) is 23.4. The van der Waals surface area contributed by atoms with Crippen molar-refractivity contribution < 1.29 is 64.8 Å². The summed E-state index contributed by atoms with van der Waals surface area (Å²) >= 11 is 0. The molecule has 14 aromatic rings. The van der Waals surface area contributed by atoms with Crippen LogP contribution in [-0.4, -0.2) is 9.55 Å². The summed E-state index contributed by atoms with van der Waals surface area (Å²) in [6, 6.07) is 29.9. The van der Waals surface area contributed by atoms with E-state index in [0.717, 1.165) is 0 Å². The molecule has 0 aliphatic carbocycles. The molecule has 0 saturated carbocycles. The molecular weight excluding hydrogens is 1320 g/mol. The number of pyridine rings is 1. The third kappa shape index (κ3) is 11.8. The fourth-order valence-electron chi connectivity index (χ4n) is 11.4. The van der Waals surface area contributed by atoms with Gasteiger partial charge in [0.05, 0.1) is 34.3 Å². The summed E-state index contributed by atoms with van der Waals surface area (Å²) in [5, 5.41) is 0.997. The van der Waals surface area contributed by atoms with Gasteiger partial charge in [-0.15, -0.1) is 48.1 Å². The number of rotatable bonds is 13. The average Bonchev–Trinajstić information content (AvgIpc) is 1.38. The van der Waals surface area contributed by atoms with Crippen LogP contribution < -0.4 is 19.3 Å². The Hall–Kier alpha value is -10.5. The van der Waals surface area contributed by atoms with Gasteiger partial charge in [-0.25, -0.2) is 4.98 Å². The molecule has 15 rings (SSSR count). The Balaban J connectivity index is 0.0000114. The van der Waals surface area contributed by atoms with Gasteiger partial charge in [-0.05, 0) is 114 Å². The van der Waals surface area contributed by atoms with Gasteiger partial charge in [-0.2, -0.15) is 12.1 Å². The second-order valence-electron chi connectivity index (χ2n) is 23.9. The van der Waals surface area contributed by atoms with Crippen LogP contribution in [0.25, 0.3) is 94.4 Å². The summed E-state index contributed by atoms with van der Waals surface area (Å²) in [7, 11) is 0. The molecule has 0 spiro atoms. The van der Waals surface area contributed by atoms with Crippen LogP contribution in [0, 0.1) is 18.8 Å². The van der Waals surface area contributed by atoms with Gasteiger partial charge in [0.1, 0.15) is 17.3 Å². The van der Waals surface area contributed by atoms with E-state index in [0.29, 0.717) is 61.1 Å². The maximum Gasteiger partial charge on any atom is 0.143 e. The first-order valence-electron chi connectivity index (χ1n) is 41.9. The number of hydrogen-bond acceptors (Lipinski definition) is 5. The van der Waals surface area contributed by atoms with Gasteiger partial charge in [0.15, 0.2) is 0 Å². The standard InChI is InChI=1S/C86H67N4O2.Pt/c1-85(2,3)66-49-64(59-28-14-8-15-29-59)48-65(50-66)76-53-67(86(4,5)6)52-75(62-34-20-11-21-35-62)84(76)92-71-46-47-87-82(56-71)90-78-45-42-63(58-26-12-7-13-27-58)51-77(78)74-44-43-70(55-81(74)90)91-69-37-24-36-68(54-69)88-57-89(80-41-23-22-40-79(80)88)83-72(60-30-16-9-17-31-60)38-25-39-73(83)61-32-18-10-19-33-61;/h7-53,56-57H,1-6H3;/q-3;/i7D,8D,9D,10D,11D,12D,13D,14D,15D,16D,17D,18D,19D,20D,21D,26D,27D,28D,29D,30D,31D,32D,33D,34D,35D;. The summed E-state index contributed by atoms with van der Waals surface area (Å²) in [4.78, 5) is 8.33. The molecule has 0 N–H and O–H groups in total. The first kappa shape index (κ1) is 37.7. The molecule has 2 aromatic heterocycles. The van der Waals surface area contributed by atoms with Crippen LogP contribution in [0.3, 0.4) is 0 Å². The predicted molar refractivity (Wildman–Crippen MR) is 381 cm³/mol. The van der Waals surface area contributed by atoms with Gasteiger partial charge in [0.25, 0.3) is 0 Å². The Morgan fingerprint density at radius 3 is 1.56 bits per heavy atom. The Bertz CT molecular complexity index is 6410. The molecule has 7 heteroatoms. The van der Waals surface area contributed by atoms with Gasteiger partial charge >= 0.3 is 0 Å². The maximum absolute atomic E-state index is 9.49. The molecule has 6 nitrogen and oxygen atoms in total. The first-order valence-corrected chi connectivity index (χ1v) is 29.4. The minimum absolute atomic E-state index is 0. The number of aromatic nitrogens is 2. The summed E-state index contributed by atoms with van der Waals surface area (Å²) in [5.41, 5.74) is 2.85. The zero-order chi connectivity index (χ0) is 84.3. The second kappa shape index (κ2) is 24.9. The molecule has 12 aromatic carbocycles. The Labute approximate surface area is 595 Å². The number of anilines is 4. The van der Waals surface area contributed by atoms with Crippen LogP contribution in [0.1, 0.15) is 86.9 Å². The smallest absolute Gasteiger partial charge is 0.143 e. The molecule has 456 valence electrons. The molecule has 1 aliphatic heterocycles. The van der Waals surface area contributed by atoms with Gasteiger partial charge < -0.3 is 23.8 Å². The van der Waals surface area contributed by atoms with Crippen LogP contribution in [-0.2, 0) is 31.9 Å². The van der Waals surface area contributed by atoms with E-state index in [9.17, 15) is 8.22 Å². The van der Waals surface area contributed by atoms with Crippen molar-refractivity contribution in [3.05, 3.63) is 321 Å². The van der Waals surface area contributed by atoms with Crippen LogP contribution in [0.4, 0.5) is 22.7 Å². The monoisotopic (exact) mass is 1410 g/mol. The van der Waals surface area contributed by atoms with Crippen molar-refractivity contribution in [1.82, 2.24) is 9.55 Å². The third-order valence-corrected chi connectivity index (χ3v) is 15.9. The Morgan fingerprint density at radius 1 is 0.419 bits per heavy atom. The zero-order valence-corrected chi connectivity index (χ0v) is 53.1. The third-order valence-electron chi connectivity index (χ3n) is 15.9. The van der Waals surface area contributed by atoms with E-state index in [1.165, 1.54) is 24.4 Å². The molecule has 0 radical (unpaired) electrons. The minimum Gasteiger partial charge on any atom is -0.509 e. The second-order valence-corrected chi connectivity index (χ2v) is 23.9. The van der Waals surface area contributed by atoms with E-state index < -0.39 is 162 Å². The number of fused-ring (bicyclic) bond motifs is 4.